The van der Waals surface area contributed by atoms with E-state index in [1.54, 1.807) is 11.8 Å². The van der Waals surface area contributed by atoms with Crippen molar-refractivity contribution in [3.05, 3.63) is 29.0 Å². The van der Waals surface area contributed by atoms with Gasteiger partial charge in [0, 0.05) is 19.1 Å². The number of rotatable bonds is 3. The lowest BCUT2D eigenvalue weighted by atomic mass is 9.79. The molecule has 1 amide bonds. The number of ether oxygens (including phenoxy) is 1. The van der Waals surface area contributed by atoms with Gasteiger partial charge < -0.3 is 15.4 Å². The molecule has 1 saturated heterocycles. The predicted molar refractivity (Wildman–Crippen MR) is 84.5 cm³/mol. The molecule has 0 bridgehead atoms. The zero-order chi connectivity index (χ0) is 16.5. The van der Waals surface area contributed by atoms with E-state index < -0.39 is 11.9 Å². The van der Waals surface area contributed by atoms with Gasteiger partial charge in [0.1, 0.15) is 11.6 Å². The van der Waals surface area contributed by atoms with Gasteiger partial charge in [0.25, 0.3) is 5.91 Å². The molecular weight excluding hydrogens is 307 g/mol. The highest BCUT2D eigenvalue weighted by Crippen LogP contribution is 2.29. The monoisotopic (exact) mass is 328 g/mol. The highest BCUT2D eigenvalue weighted by Gasteiger charge is 2.36. The van der Waals surface area contributed by atoms with E-state index >= 15 is 0 Å². The summed E-state index contributed by atoms with van der Waals surface area (Å²) in [7, 11) is 0. The Balaban J connectivity index is 2.03. The lowest BCUT2D eigenvalue weighted by molar-refractivity contribution is -0.141. The van der Waals surface area contributed by atoms with Crippen molar-refractivity contribution in [2.24, 2.45) is 11.1 Å². The Hall–Kier alpha value is -1.33. The number of carbonyl (C=O) groups excluding carboxylic acids is 1. The van der Waals surface area contributed by atoms with Crippen LogP contribution in [0.5, 0.6) is 5.75 Å². The number of halogens is 2. The lowest BCUT2D eigenvalue weighted by Crippen LogP contribution is -2.56. The van der Waals surface area contributed by atoms with Crippen LogP contribution in [0.2, 0.25) is 5.02 Å². The van der Waals surface area contributed by atoms with E-state index in [-0.39, 0.29) is 22.4 Å². The molecule has 122 valence electrons. The molecule has 2 rings (SSSR count). The van der Waals surface area contributed by atoms with Gasteiger partial charge in [-0.05, 0) is 37.0 Å². The highest BCUT2D eigenvalue weighted by atomic mass is 35.5. The number of amides is 1. The highest BCUT2D eigenvalue weighted by molar-refractivity contribution is 6.32. The standard InChI is InChI=1S/C16H22ClFN2O2/c1-10(22-13-5-4-11(18)8-12(13)17)15(21)20-7-6-14(19)16(2,3)9-20/h4-5,8,10,14H,6-7,9,19H2,1-3H3. The van der Waals surface area contributed by atoms with E-state index in [9.17, 15) is 9.18 Å². The van der Waals surface area contributed by atoms with Gasteiger partial charge in [-0.15, -0.1) is 0 Å². The quantitative estimate of drug-likeness (QED) is 0.928. The molecule has 0 aliphatic carbocycles. The third-order valence-electron chi connectivity index (χ3n) is 4.17. The first-order valence-corrected chi connectivity index (χ1v) is 7.74. The second-order valence-corrected chi connectivity index (χ2v) is 6.89. The molecule has 2 atom stereocenters. The molecule has 2 N–H and O–H groups in total. The second kappa shape index (κ2) is 6.42. The van der Waals surface area contributed by atoms with Gasteiger partial charge in [0.2, 0.25) is 0 Å². The summed E-state index contributed by atoms with van der Waals surface area (Å²) in [6.45, 7) is 6.99. The normalized spacial score (nSPS) is 22.3. The summed E-state index contributed by atoms with van der Waals surface area (Å²) in [4.78, 5) is 14.3. The first-order chi connectivity index (χ1) is 10.2. The van der Waals surface area contributed by atoms with Crippen molar-refractivity contribution in [1.29, 1.82) is 0 Å². The number of likely N-dealkylation sites (tertiary alicyclic amines) is 1. The topological polar surface area (TPSA) is 55.6 Å². The number of benzene rings is 1. The van der Waals surface area contributed by atoms with Gasteiger partial charge in [-0.3, -0.25) is 4.79 Å². The van der Waals surface area contributed by atoms with Crippen LogP contribution in [-0.4, -0.2) is 36.0 Å². The fraction of sp³-hybridized carbons (Fsp3) is 0.562. The molecule has 2 unspecified atom stereocenters. The number of hydrogen-bond acceptors (Lipinski definition) is 3. The maximum absolute atomic E-state index is 13.0. The molecule has 1 aliphatic heterocycles. The Morgan fingerprint density at radius 2 is 2.23 bits per heavy atom. The van der Waals surface area contributed by atoms with Crippen LogP contribution in [0, 0.1) is 11.2 Å². The van der Waals surface area contributed by atoms with E-state index in [2.05, 4.69) is 13.8 Å². The summed E-state index contributed by atoms with van der Waals surface area (Å²) in [6.07, 6.45) is 0.0797. The van der Waals surface area contributed by atoms with Crippen LogP contribution in [0.15, 0.2) is 18.2 Å². The number of piperidine rings is 1. The maximum atomic E-state index is 13.0. The molecule has 0 radical (unpaired) electrons. The molecule has 22 heavy (non-hydrogen) atoms. The number of nitrogens with two attached hydrogens (primary N) is 1. The Labute approximate surface area is 135 Å². The Bertz CT molecular complexity index is 565. The van der Waals surface area contributed by atoms with E-state index in [4.69, 9.17) is 22.1 Å². The van der Waals surface area contributed by atoms with Crippen LogP contribution in [0.25, 0.3) is 0 Å². The van der Waals surface area contributed by atoms with Crippen molar-refractivity contribution in [3.63, 3.8) is 0 Å². The summed E-state index contributed by atoms with van der Waals surface area (Å²) >= 11 is 5.92. The van der Waals surface area contributed by atoms with Gasteiger partial charge in [0.05, 0.1) is 5.02 Å². The van der Waals surface area contributed by atoms with Crippen molar-refractivity contribution in [3.8, 4) is 5.75 Å². The summed E-state index contributed by atoms with van der Waals surface area (Å²) in [5.41, 5.74) is 5.96. The van der Waals surface area contributed by atoms with Crippen molar-refractivity contribution in [2.45, 2.75) is 39.3 Å². The fourth-order valence-corrected chi connectivity index (χ4v) is 2.84. The minimum atomic E-state index is -0.687. The lowest BCUT2D eigenvalue weighted by Gasteiger charge is -2.43. The summed E-state index contributed by atoms with van der Waals surface area (Å²) in [6, 6.07) is 3.93. The zero-order valence-electron chi connectivity index (χ0n) is 13.1. The molecule has 1 aliphatic rings. The van der Waals surface area contributed by atoms with Crippen LogP contribution in [0.1, 0.15) is 27.2 Å². The van der Waals surface area contributed by atoms with E-state index in [0.717, 1.165) is 12.5 Å². The van der Waals surface area contributed by atoms with Crippen LogP contribution in [-0.2, 0) is 4.79 Å². The Morgan fingerprint density at radius 1 is 1.55 bits per heavy atom. The number of nitrogens with zero attached hydrogens (tertiary/aromatic N) is 1. The number of hydrogen-bond donors (Lipinski definition) is 1. The molecule has 1 aromatic carbocycles. The molecular formula is C16H22ClFN2O2. The molecule has 6 heteroatoms. The molecule has 0 aromatic heterocycles. The van der Waals surface area contributed by atoms with Crippen molar-refractivity contribution in [2.75, 3.05) is 13.1 Å². The van der Waals surface area contributed by atoms with E-state index in [1.165, 1.54) is 12.1 Å². The summed E-state index contributed by atoms with van der Waals surface area (Å²) in [5, 5.41) is 0.153. The first kappa shape index (κ1) is 17.0. The molecule has 1 aromatic rings. The smallest absolute Gasteiger partial charge is 0.263 e. The van der Waals surface area contributed by atoms with E-state index in [0.29, 0.717) is 18.8 Å². The van der Waals surface area contributed by atoms with Gasteiger partial charge in [-0.25, -0.2) is 4.39 Å². The average molecular weight is 329 g/mol. The zero-order valence-corrected chi connectivity index (χ0v) is 13.9. The Kier molecular flexibility index (Phi) is 4.97. The molecule has 4 nitrogen and oxygen atoms in total. The molecule has 0 spiro atoms. The Morgan fingerprint density at radius 3 is 2.82 bits per heavy atom. The van der Waals surface area contributed by atoms with Crippen molar-refractivity contribution < 1.29 is 13.9 Å². The largest absolute Gasteiger partial charge is 0.479 e. The third kappa shape index (κ3) is 3.70. The number of carbonyl (C=O) groups is 1. The van der Waals surface area contributed by atoms with Crippen LogP contribution >= 0.6 is 11.6 Å². The molecule has 1 heterocycles. The average Bonchev–Trinajstić information content (AvgIpc) is 2.44. The van der Waals surface area contributed by atoms with Gasteiger partial charge in [0.15, 0.2) is 6.10 Å². The van der Waals surface area contributed by atoms with Crippen molar-refractivity contribution >= 4 is 17.5 Å². The minimum absolute atomic E-state index is 0.0827. The predicted octanol–water partition coefficient (Wildman–Crippen LogP) is 2.83. The summed E-state index contributed by atoms with van der Waals surface area (Å²) in [5.74, 6) is -0.250. The maximum Gasteiger partial charge on any atom is 0.263 e. The van der Waals surface area contributed by atoms with Crippen LogP contribution < -0.4 is 10.5 Å². The summed E-state index contributed by atoms with van der Waals surface area (Å²) < 4.78 is 18.6. The molecule has 1 fully saturated rings. The second-order valence-electron chi connectivity index (χ2n) is 6.48. The SMILES string of the molecule is CC(Oc1ccc(F)cc1Cl)C(=O)N1CCC(N)C(C)(C)C1. The van der Waals surface area contributed by atoms with Gasteiger partial charge >= 0.3 is 0 Å². The fourth-order valence-electron chi connectivity index (χ4n) is 2.63. The van der Waals surface area contributed by atoms with E-state index in [1.807, 2.05) is 0 Å². The van der Waals surface area contributed by atoms with Gasteiger partial charge in [-0.1, -0.05) is 25.4 Å². The minimum Gasteiger partial charge on any atom is -0.479 e. The van der Waals surface area contributed by atoms with Crippen LogP contribution in [0.4, 0.5) is 4.39 Å². The molecule has 0 saturated carbocycles. The van der Waals surface area contributed by atoms with Crippen molar-refractivity contribution in [1.82, 2.24) is 4.90 Å². The first-order valence-electron chi connectivity index (χ1n) is 7.37. The third-order valence-corrected chi connectivity index (χ3v) is 4.46. The van der Waals surface area contributed by atoms with Gasteiger partial charge in [-0.2, -0.15) is 0 Å². The van der Waals surface area contributed by atoms with Crippen LogP contribution in [0.3, 0.4) is 0 Å².